The van der Waals surface area contributed by atoms with Crippen molar-refractivity contribution in [3.63, 3.8) is 0 Å². The van der Waals surface area contributed by atoms with Crippen molar-refractivity contribution in [3.8, 4) is 0 Å². The second kappa shape index (κ2) is 10.2. The lowest BCUT2D eigenvalue weighted by atomic mass is 9.84. The van der Waals surface area contributed by atoms with Gasteiger partial charge >= 0.3 is 5.97 Å². The molecule has 0 aromatic heterocycles. The van der Waals surface area contributed by atoms with Gasteiger partial charge in [0.15, 0.2) is 0 Å². The molecule has 0 aliphatic carbocycles. The van der Waals surface area contributed by atoms with E-state index in [4.69, 9.17) is 9.84 Å². The Labute approximate surface area is 131 Å². The molecule has 3 nitrogen and oxygen atoms in total. The second-order valence-corrected chi connectivity index (χ2v) is 7.72. The van der Waals surface area contributed by atoms with E-state index < -0.39 is 0 Å². The van der Waals surface area contributed by atoms with Gasteiger partial charge in [-0.2, -0.15) is 0 Å². The molecule has 0 aromatic rings. The first-order chi connectivity index (χ1) is 9.72. The summed E-state index contributed by atoms with van der Waals surface area (Å²) < 4.78 is 5.25. The molecule has 0 atom stereocenters. The third kappa shape index (κ3) is 11.7. The molecule has 0 aliphatic heterocycles. The van der Waals surface area contributed by atoms with Gasteiger partial charge in [0.25, 0.3) is 0 Å². The number of carbonyl (C=O) groups is 1. The lowest BCUT2D eigenvalue weighted by molar-refractivity contribution is -0.143. The summed E-state index contributed by atoms with van der Waals surface area (Å²) in [7, 11) is 0. The Morgan fingerprint density at radius 3 is 2.10 bits per heavy atom. The van der Waals surface area contributed by atoms with E-state index in [1.165, 1.54) is 12.8 Å². The lowest BCUT2D eigenvalue weighted by Gasteiger charge is -2.22. The topological polar surface area (TPSA) is 46.5 Å². The Morgan fingerprint density at radius 1 is 0.952 bits per heavy atom. The summed E-state index contributed by atoms with van der Waals surface area (Å²) in [6.07, 6.45) is 7.77. The molecule has 0 heterocycles. The quantitative estimate of drug-likeness (QED) is 0.419. The van der Waals surface area contributed by atoms with Gasteiger partial charge in [-0.05, 0) is 42.9 Å². The highest BCUT2D eigenvalue weighted by molar-refractivity contribution is 5.69. The molecule has 21 heavy (non-hydrogen) atoms. The van der Waals surface area contributed by atoms with Gasteiger partial charge in [-0.1, -0.05) is 47.5 Å². The van der Waals surface area contributed by atoms with Crippen molar-refractivity contribution >= 4 is 5.97 Å². The SMILES string of the molecule is CCC(C)(C)CCCCC(=O)OCCCCC(C)(C)CO. The molecule has 0 aromatic carbocycles. The van der Waals surface area contributed by atoms with Crippen LogP contribution in [0.1, 0.15) is 86.0 Å². The fraction of sp³-hybridized carbons (Fsp3) is 0.944. The molecule has 0 bridgehead atoms. The molecule has 0 amide bonds. The summed E-state index contributed by atoms with van der Waals surface area (Å²) in [6, 6.07) is 0. The average molecular weight is 300 g/mol. The third-order valence-electron chi connectivity index (χ3n) is 4.38. The van der Waals surface area contributed by atoms with Crippen LogP contribution in [0.25, 0.3) is 0 Å². The van der Waals surface area contributed by atoms with Gasteiger partial charge in [0.2, 0.25) is 0 Å². The number of ether oxygens (including phenoxy) is 1. The molecule has 0 radical (unpaired) electrons. The van der Waals surface area contributed by atoms with Gasteiger partial charge in [-0.3, -0.25) is 4.79 Å². The van der Waals surface area contributed by atoms with Crippen LogP contribution in [0.15, 0.2) is 0 Å². The largest absolute Gasteiger partial charge is 0.466 e. The first-order valence-corrected chi connectivity index (χ1v) is 8.49. The molecule has 0 unspecified atom stereocenters. The second-order valence-electron chi connectivity index (χ2n) is 7.72. The van der Waals surface area contributed by atoms with Crippen molar-refractivity contribution in [2.24, 2.45) is 10.8 Å². The third-order valence-corrected chi connectivity index (χ3v) is 4.38. The minimum atomic E-state index is -0.0641. The van der Waals surface area contributed by atoms with Gasteiger partial charge in [0, 0.05) is 13.0 Å². The van der Waals surface area contributed by atoms with E-state index in [1.54, 1.807) is 0 Å². The van der Waals surface area contributed by atoms with Gasteiger partial charge in [0.05, 0.1) is 6.61 Å². The van der Waals surface area contributed by atoms with Crippen LogP contribution in [-0.4, -0.2) is 24.3 Å². The van der Waals surface area contributed by atoms with Crippen LogP contribution in [0.4, 0.5) is 0 Å². The summed E-state index contributed by atoms with van der Waals surface area (Å²) in [5.74, 6) is -0.0641. The van der Waals surface area contributed by atoms with Crippen molar-refractivity contribution in [2.75, 3.05) is 13.2 Å². The summed E-state index contributed by atoms with van der Waals surface area (Å²) in [6.45, 7) is 11.6. The van der Waals surface area contributed by atoms with Gasteiger partial charge in [-0.15, -0.1) is 0 Å². The number of rotatable bonds is 12. The Bertz CT molecular complexity index is 282. The Hall–Kier alpha value is -0.570. The first kappa shape index (κ1) is 20.4. The van der Waals surface area contributed by atoms with Gasteiger partial charge in [-0.25, -0.2) is 0 Å². The van der Waals surface area contributed by atoms with Crippen molar-refractivity contribution in [2.45, 2.75) is 86.0 Å². The van der Waals surface area contributed by atoms with E-state index in [0.29, 0.717) is 18.4 Å². The number of carbonyl (C=O) groups excluding carboxylic acids is 1. The van der Waals surface area contributed by atoms with E-state index in [0.717, 1.165) is 32.1 Å². The Morgan fingerprint density at radius 2 is 1.52 bits per heavy atom. The molecule has 0 spiro atoms. The van der Waals surface area contributed by atoms with Gasteiger partial charge in [0.1, 0.15) is 0 Å². The molecule has 0 rings (SSSR count). The van der Waals surface area contributed by atoms with E-state index in [1.807, 2.05) is 0 Å². The lowest BCUT2D eigenvalue weighted by Crippen LogP contribution is -2.16. The monoisotopic (exact) mass is 300 g/mol. The van der Waals surface area contributed by atoms with Crippen molar-refractivity contribution < 1.29 is 14.6 Å². The smallest absolute Gasteiger partial charge is 0.305 e. The van der Waals surface area contributed by atoms with Crippen molar-refractivity contribution in [1.29, 1.82) is 0 Å². The molecule has 0 fully saturated rings. The van der Waals surface area contributed by atoms with Crippen LogP contribution < -0.4 is 0 Å². The molecular weight excluding hydrogens is 264 g/mol. The maximum Gasteiger partial charge on any atom is 0.305 e. The highest BCUT2D eigenvalue weighted by Crippen LogP contribution is 2.27. The summed E-state index contributed by atoms with van der Waals surface area (Å²) in [5.41, 5.74) is 0.375. The van der Waals surface area contributed by atoms with Crippen LogP contribution >= 0.6 is 0 Å². The van der Waals surface area contributed by atoms with Crippen LogP contribution in [0.3, 0.4) is 0 Å². The number of aliphatic hydroxyl groups is 1. The van der Waals surface area contributed by atoms with Crippen molar-refractivity contribution in [1.82, 2.24) is 0 Å². The van der Waals surface area contributed by atoms with Crippen LogP contribution in [0.2, 0.25) is 0 Å². The van der Waals surface area contributed by atoms with Crippen LogP contribution in [0.5, 0.6) is 0 Å². The minimum absolute atomic E-state index is 0.0178. The molecule has 126 valence electrons. The zero-order valence-corrected chi connectivity index (χ0v) is 14.8. The molecule has 0 saturated carbocycles. The van der Waals surface area contributed by atoms with E-state index in [9.17, 15) is 4.79 Å². The highest BCUT2D eigenvalue weighted by atomic mass is 16.5. The highest BCUT2D eigenvalue weighted by Gasteiger charge is 2.16. The Balaban J connectivity index is 3.51. The normalized spacial score (nSPS) is 12.5. The summed E-state index contributed by atoms with van der Waals surface area (Å²) >= 11 is 0. The fourth-order valence-electron chi connectivity index (χ4n) is 2.09. The number of esters is 1. The maximum absolute atomic E-state index is 11.6. The maximum atomic E-state index is 11.6. The zero-order chi connectivity index (χ0) is 16.4. The van der Waals surface area contributed by atoms with Crippen LogP contribution in [0, 0.1) is 10.8 Å². The van der Waals surface area contributed by atoms with Gasteiger partial charge < -0.3 is 9.84 Å². The fourth-order valence-corrected chi connectivity index (χ4v) is 2.09. The molecular formula is C18H36O3. The molecule has 0 saturated heterocycles. The molecule has 1 N–H and O–H groups in total. The standard InChI is InChI=1S/C18H36O3/c1-6-17(2,3)12-8-7-11-16(20)21-14-10-9-13-18(4,5)15-19/h19H,6-15H2,1-5H3. The van der Waals surface area contributed by atoms with E-state index in [2.05, 4.69) is 34.6 Å². The number of aliphatic hydroxyl groups excluding tert-OH is 1. The summed E-state index contributed by atoms with van der Waals surface area (Å²) in [4.78, 5) is 11.6. The molecule has 3 heteroatoms. The number of unbranched alkanes of at least 4 members (excludes halogenated alkanes) is 2. The average Bonchev–Trinajstić information content (AvgIpc) is 2.43. The van der Waals surface area contributed by atoms with E-state index >= 15 is 0 Å². The first-order valence-electron chi connectivity index (χ1n) is 8.49. The predicted octanol–water partition coefficient (Wildman–Crippen LogP) is 4.72. The predicted molar refractivity (Wildman–Crippen MR) is 88.2 cm³/mol. The minimum Gasteiger partial charge on any atom is -0.466 e. The zero-order valence-electron chi connectivity index (χ0n) is 14.8. The van der Waals surface area contributed by atoms with Crippen molar-refractivity contribution in [3.05, 3.63) is 0 Å². The summed E-state index contributed by atoms with van der Waals surface area (Å²) in [5, 5.41) is 9.15. The number of hydrogen-bond donors (Lipinski definition) is 1. The Kier molecular flexibility index (Phi) is 9.93. The van der Waals surface area contributed by atoms with Crippen LogP contribution in [-0.2, 0) is 9.53 Å². The molecule has 0 aliphatic rings. The number of hydrogen-bond acceptors (Lipinski definition) is 3. The van der Waals surface area contributed by atoms with E-state index in [-0.39, 0.29) is 18.0 Å².